The van der Waals surface area contributed by atoms with Gasteiger partial charge in [-0.05, 0) is 36.2 Å². The third-order valence-electron chi connectivity index (χ3n) is 3.22. The first-order valence-corrected chi connectivity index (χ1v) is 6.90. The molecular weight excluding hydrogens is 286 g/mol. The Labute approximate surface area is 115 Å². The van der Waals surface area contributed by atoms with Crippen molar-refractivity contribution >= 4 is 26.8 Å². The van der Waals surface area contributed by atoms with Crippen molar-refractivity contribution in [1.82, 2.24) is 4.57 Å². The van der Waals surface area contributed by atoms with E-state index in [2.05, 4.69) is 81.3 Å². The van der Waals surface area contributed by atoms with Crippen LogP contribution in [-0.2, 0) is 13.0 Å². The predicted octanol–water partition coefficient (Wildman–Crippen LogP) is 4.65. The molecule has 0 saturated carbocycles. The molecule has 0 atom stereocenters. The Balaban J connectivity index is 1.83. The van der Waals surface area contributed by atoms with Crippen LogP contribution >= 0.6 is 15.9 Å². The molecule has 0 N–H and O–H groups in total. The largest absolute Gasteiger partial charge is 0.347 e. The molecule has 1 nitrogen and oxygen atoms in total. The van der Waals surface area contributed by atoms with Gasteiger partial charge in [0.1, 0.15) is 0 Å². The van der Waals surface area contributed by atoms with Crippen LogP contribution in [0.4, 0.5) is 0 Å². The molecule has 0 aliphatic carbocycles. The summed E-state index contributed by atoms with van der Waals surface area (Å²) in [5, 5.41) is 1.29. The fourth-order valence-electron chi connectivity index (χ4n) is 2.26. The molecule has 0 spiro atoms. The van der Waals surface area contributed by atoms with Crippen LogP contribution in [0.1, 0.15) is 5.56 Å². The van der Waals surface area contributed by atoms with E-state index >= 15 is 0 Å². The summed E-state index contributed by atoms with van der Waals surface area (Å²) in [4.78, 5) is 0. The highest BCUT2D eigenvalue weighted by molar-refractivity contribution is 9.10. The highest BCUT2D eigenvalue weighted by Crippen LogP contribution is 2.21. The van der Waals surface area contributed by atoms with Crippen molar-refractivity contribution < 1.29 is 0 Å². The van der Waals surface area contributed by atoms with Crippen molar-refractivity contribution in [3.05, 3.63) is 70.8 Å². The van der Waals surface area contributed by atoms with E-state index in [1.54, 1.807) is 0 Å². The van der Waals surface area contributed by atoms with Gasteiger partial charge in [0, 0.05) is 28.1 Å². The number of aromatic nitrogens is 1. The van der Waals surface area contributed by atoms with Gasteiger partial charge in [-0.25, -0.2) is 0 Å². The third-order valence-corrected chi connectivity index (χ3v) is 3.71. The summed E-state index contributed by atoms with van der Waals surface area (Å²) in [5.74, 6) is 0. The molecule has 2 aromatic carbocycles. The average molecular weight is 300 g/mol. The number of fused-ring (bicyclic) bond motifs is 1. The van der Waals surface area contributed by atoms with E-state index in [0.717, 1.165) is 17.4 Å². The molecule has 0 fully saturated rings. The lowest BCUT2D eigenvalue weighted by molar-refractivity contribution is 0.723. The summed E-state index contributed by atoms with van der Waals surface area (Å²) >= 11 is 3.51. The maximum atomic E-state index is 3.51. The summed E-state index contributed by atoms with van der Waals surface area (Å²) in [5.41, 5.74) is 2.69. The zero-order valence-electron chi connectivity index (χ0n) is 10.0. The van der Waals surface area contributed by atoms with Gasteiger partial charge in [-0.3, -0.25) is 0 Å². The summed E-state index contributed by atoms with van der Waals surface area (Å²) in [6.45, 7) is 1.02. The zero-order chi connectivity index (χ0) is 12.4. The van der Waals surface area contributed by atoms with E-state index < -0.39 is 0 Å². The quantitative estimate of drug-likeness (QED) is 0.663. The summed E-state index contributed by atoms with van der Waals surface area (Å²) < 4.78 is 3.45. The second-order valence-corrected chi connectivity index (χ2v) is 5.36. The molecule has 0 unspecified atom stereocenters. The van der Waals surface area contributed by atoms with Crippen LogP contribution in [0.3, 0.4) is 0 Å². The van der Waals surface area contributed by atoms with E-state index in [-0.39, 0.29) is 0 Å². The second-order valence-electron chi connectivity index (χ2n) is 4.45. The minimum atomic E-state index is 1.02. The number of hydrogen-bond acceptors (Lipinski definition) is 0. The normalized spacial score (nSPS) is 10.9. The van der Waals surface area contributed by atoms with Crippen molar-refractivity contribution in [3.63, 3.8) is 0 Å². The maximum absolute atomic E-state index is 3.51. The molecule has 0 bridgehead atoms. The van der Waals surface area contributed by atoms with E-state index in [1.807, 2.05) is 0 Å². The number of aryl methyl sites for hydroxylation is 2. The SMILES string of the molecule is Brc1ccc2c(ccn2CCc2ccccc2)c1. The Morgan fingerprint density at radius 1 is 0.944 bits per heavy atom. The van der Waals surface area contributed by atoms with Crippen molar-refractivity contribution in [2.45, 2.75) is 13.0 Å². The van der Waals surface area contributed by atoms with Crippen LogP contribution in [0.25, 0.3) is 10.9 Å². The van der Waals surface area contributed by atoms with Crippen LogP contribution in [0, 0.1) is 0 Å². The minimum absolute atomic E-state index is 1.02. The van der Waals surface area contributed by atoms with Crippen LogP contribution in [0.5, 0.6) is 0 Å². The van der Waals surface area contributed by atoms with E-state index in [0.29, 0.717) is 0 Å². The monoisotopic (exact) mass is 299 g/mol. The molecule has 18 heavy (non-hydrogen) atoms. The maximum Gasteiger partial charge on any atom is 0.0481 e. The minimum Gasteiger partial charge on any atom is -0.347 e. The molecule has 0 amide bonds. The lowest BCUT2D eigenvalue weighted by Crippen LogP contribution is -1.99. The van der Waals surface area contributed by atoms with E-state index in [4.69, 9.17) is 0 Å². The number of nitrogens with zero attached hydrogens (tertiary/aromatic N) is 1. The van der Waals surface area contributed by atoms with Gasteiger partial charge in [0.25, 0.3) is 0 Å². The Morgan fingerprint density at radius 3 is 2.61 bits per heavy atom. The number of hydrogen-bond donors (Lipinski definition) is 0. The van der Waals surface area contributed by atoms with Crippen molar-refractivity contribution in [1.29, 1.82) is 0 Å². The molecule has 1 aromatic heterocycles. The highest BCUT2D eigenvalue weighted by atomic mass is 79.9. The topological polar surface area (TPSA) is 4.93 Å². The number of rotatable bonds is 3. The number of halogens is 1. The lowest BCUT2D eigenvalue weighted by Gasteiger charge is -2.05. The van der Waals surface area contributed by atoms with Crippen molar-refractivity contribution in [3.8, 4) is 0 Å². The van der Waals surface area contributed by atoms with Crippen LogP contribution in [0.2, 0.25) is 0 Å². The summed E-state index contributed by atoms with van der Waals surface area (Å²) in [7, 11) is 0. The van der Waals surface area contributed by atoms with E-state index in [1.165, 1.54) is 16.5 Å². The highest BCUT2D eigenvalue weighted by Gasteiger charge is 2.01. The first-order valence-electron chi connectivity index (χ1n) is 6.11. The van der Waals surface area contributed by atoms with Gasteiger partial charge in [-0.15, -0.1) is 0 Å². The molecule has 0 aliphatic heterocycles. The zero-order valence-corrected chi connectivity index (χ0v) is 11.6. The molecular formula is C16H14BrN. The Bertz CT molecular complexity index is 655. The Kier molecular flexibility index (Phi) is 3.20. The van der Waals surface area contributed by atoms with Gasteiger partial charge in [0.15, 0.2) is 0 Å². The van der Waals surface area contributed by atoms with Gasteiger partial charge in [0.05, 0.1) is 0 Å². The van der Waals surface area contributed by atoms with Gasteiger partial charge in [-0.1, -0.05) is 46.3 Å². The van der Waals surface area contributed by atoms with Crippen LogP contribution < -0.4 is 0 Å². The molecule has 3 aromatic rings. The standard InChI is InChI=1S/C16H14BrN/c17-15-6-7-16-14(12-15)9-11-18(16)10-8-13-4-2-1-3-5-13/h1-7,9,11-12H,8,10H2. The third kappa shape index (κ3) is 2.34. The van der Waals surface area contributed by atoms with Gasteiger partial charge >= 0.3 is 0 Å². The van der Waals surface area contributed by atoms with Crippen molar-refractivity contribution in [2.24, 2.45) is 0 Å². The molecule has 2 heteroatoms. The van der Waals surface area contributed by atoms with Crippen LogP contribution in [-0.4, -0.2) is 4.57 Å². The predicted molar refractivity (Wildman–Crippen MR) is 79.8 cm³/mol. The second kappa shape index (κ2) is 4.99. The first kappa shape index (κ1) is 11.5. The fraction of sp³-hybridized carbons (Fsp3) is 0.125. The Morgan fingerprint density at radius 2 is 1.78 bits per heavy atom. The molecule has 1 heterocycles. The smallest absolute Gasteiger partial charge is 0.0481 e. The van der Waals surface area contributed by atoms with Crippen molar-refractivity contribution in [2.75, 3.05) is 0 Å². The Hall–Kier alpha value is -1.54. The molecule has 0 aliphatic rings. The summed E-state index contributed by atoms with van der Waals surface area (Å²) in [6.07, 6.45) is 3.24. The molecule has 90 valence electrons. The fourth-order valence-corrected chi connectivity index (χ4v) is 2.64. The van der Waals surface area contributed by atoms with E-state index in [9.17, 15) is 0 Å². The molecule has 0 radical (unpaired) electrons. The molecule has 0 saturated heterocycles. The van der Waals surface area contributed by atoms with Gasteiger partial charge in [0.2, 0.25) is 0 Å². The van der Waals surface area contributed by atoms with Crippen LogP contribution in [0.15, 0.2) is 65.3 Å². The molecule has 3 rings (SSSR count). The summed E-state index contributed by atoms with van der Waals surface area (Å²) in [6, 6.07) is 19.2. The number of benzene rings is 2. The van der Waals surface area contributed by atoms with Gasteiger partial charge < -0.3 is 4.57 Å². The van der Waals surface area contributed by atoms with Gasteiger partial charge in [-0.2, -0.15) is 0 Å². The lowest BCUT2D eigenvalue weighted by atomic mass is 10.1. The first-order chi connectivity index (χ1) is 8.83. The average Bonchev–Trinajstić information content (AvgIpc) is 2.80.